The van der Waals surface area contributed by atoms with Gasteiger partial charge in [0, 0.05) is 29.5 Å². The molecule has 0 unspecified atom stereocenters. The average Bonchev–Trinajstić information content (AvgIpc) is 3.06. The van der Waals surface area contributed by atoms with Gasteiger partial charge in [-0.25, -0.2) is 0 Å². The van der Waals surface area contributed by atoms with Gasteiger partial charge in [-0.2, -0.15) is 0 Å². The van der Waals surface area contributed by atoms with Gasteiger partial charge in [0.1, 0.15) is 0 Å². The Morgan fingerprint density at radius 3 is 2.22 bits per heavy atom. The van der Waals surface area contributed by atoms with E-state index in [0.29, 0.717) is 6.54 Å². The number of carbonyl (C=O) groups excluding carboxylic acids is 1. The standard InChI is InChI=1S/C24H28N2O/c1-19-12-14-21(15-13-19)23(27)26(24(2,3)4)18-22-11-8-16-25(22)17-20-9-6-5-7-10-20/h5-16H,17-18H2,1-4H3. The molecule has 0 bridgehead atoms. The number of rotatable bonds is 5. The van der Waals surface area contributed by atoms with Crippen LogP contribution in [0.1, 0.15) is 48.0 Å². The van der Waals surface area contributed by atoms with Crippen molar-refractivity contribution in [3.63, 3.8) is 0 Å². The number of nitrogens with zero attached hydrogens (tertiary/aromatic N) is 2. The number of amides is 1. The normalized spacial score (nSPS) is 11.4. The average molecular weight is 361 g/mol. The van der Waals surface area contributed by atoms with Crippen LogP contribution < -0.4 is 0 Å². The van der Waals surface area contributed by atoms with Crippen LogP contribution in [0.15, 0.2) is 72.9 Å². The molecule has 3 aromatic rings. The first-order valence-corrected chi connectivity index (χ1v) is 9.41. The molecule has 0 saturated heterocycles. The molecule has 1 amide bonds. The fourth-order valence-corrected chi connectivity index (χ4v) is 3.15. The molecule has 0 atom stereocenters. The number of benzene rings is 2. The van der Waals surface area contributed by atoms with E-state index in [4.69, 9.17) is 0 Å². The molecule has 1 aromatic heterocycles. The molecule has 0 spiro atoms. The summed E-state index contributed by atoms with van der Waals surface area (Å²) in [4.78, 5) is 15.2. The number of hydrogen-bond acceptors (Lipinski definition) is 1. The molecule has 0 N–H and O–H groups in total. The van der Waals surface area contributed by atoms with Crippen molar-refractivity contribution in [2.45, 2.75) is 46.3 Å². The molecular formula is C24H28N2O. The minimum absolute atomic E-state index is 0.0648. The second kappa shape index (κ2) is 7.83. The van der Waals surface area contributed by atoms with Gasteiger partial charge < -0.3 is 9.47 Å². The maximum absolute atomic E-state index is 13.2. The Morgan fingerprint density at radius 2 is 1.59 bits per heavy atom. The summed E-state index contributed by atoms with van der Waals surface area (Å²) < 4.78 is 2.22. The van der Waals surface area contributed by atoms with E-state index in [1.807, 2.05) is 42.2 Å². The Kier molecular flexibility index (Phi) is 5.50. The lowest BCUT2D eigenvalue weighted by atomic mass is 10.0. The van der Waals surface area contributed by atoms with Crippen molar-refractivity contribution in [2.24, 2.45) is 0 Å². The molecule has 140 valence electrons. The van der Waals surface area contributed by atoms with Crippen molar-refractivity contribution in [3.05, 3.63) is 95.3 Å². The summed E-state index contributed by atoms with van der Waals surface area (Å²) in [7, 11) is 0. The molecule has 0 fully saturated rings. The maximum atomic E-state index is 13.2. The first-order valence-electron chi connectivity index (χ1n) is 9.41. The molecule has 0 aliphatic rings. The van der Waals surface area contributed by atoms with E-state index in [0.717, 1.165) is 23.4 Å². The zero-order valence-electron chi connectivity index (χ0n) is 16.6. The third-order valence-electron chi connectivity index (χ3n) is 4.79. The molecule has 0 saturated carbocycles. The van der Waals surface area contributed by atoms with Crippen molar-refractivity contribution in [3.8, 4) is 0 Å². The number of aromatic nitrogens is 1. The van der Waals surface area contributed by atoms with E-state index in [-0.39, 0.29) is 11.4 Å². The summed E-state index contributed by atoms with van der Waals surface area (Å²) in [5.41, 5.74) is 4.00. The van der Waals surface area contributed by atoms with Crippen LogP contribution in [0.2, 0.25) is 0 Å². The minimum atomic E-state index is -0.274. The molecule has 0 radical (unpaired) electrons. The molecule has 2 aromatic carbocycles. The second-order valence-corrected chi connectivity index (χ2v) is 8.04. The summed E-state index contributed by atoms with van der Waals surface area (Å²) in [6.07, 6.45) is 2.08. The van der Waals surface area contributed by atoms with Gasteiger partial charge >= 0.3 is 0 Å². The van der Waals surface area contributed by atoms with Crippen LogP contribution in [0.5, 0.6) is 0 Å². The van der Waals surface area contributed by atoms with Crippen molar-refractivity contribution in [1.29, 1.82) is 0 Å². The van der Waals surface area contributed by atoms with Crippen LogP contribution >= 0.6 is 0 Å². The van der Waals surface area contributed by atoms with E-state index in [1.54, 1.807) is 0 Å². The topological polar surface area (TPSA) is 25.2 Å². The molecular weight excluding hydrogens is 332 g/mol. The summed E-state index contributed by atoms with van der Waals surface area (Å²) in [5.74, 6) is 0.0648. The van der Waals surface area contributed by atoms with Crippen LogP contribution in [0.4, 0.5) is 0 Å². The monoisotopic (exact) mass is 360 g/mol. The molecule has 0 aliphatic heterocycles. The largest absolute Gasteiger partial charge is 0.345 e. The fraction of sp³-hybridized carbons (Fsp3) is 0.292. The predicted molar refractivity (Wildman–Crippen MR) is 111 cm³/mol. The minimum Gasteiger partial charge on any atom is -0.345 e. The summed E-state index contributed by atoms with van der Waals surface area (Å²) >= 11 is 0. The van der Waals surface area contributed by atoms with Gasteiger partial charge in [0.05, 0.1) is 6.54 Å². The van der Waals surface area contributed by atoms with E-state index >= 15 is 0 Å². The SMILES string of the molecule is Cc1ccc(C(=O)N(Cc2cccn2Cc2ccccc2)C(C)(C)C)cc1. The van der Waals surface area contributed by atoms with Crippen molar-refractivity contribution < 1.29 is 4.79 Å². The van der Waals surface area contributed by atoms with Crippen LogP contribution in [-0.4, -0.2) is 20.9 Å². The second-order valence-electron chi connectivity index (χ2n) is 8.04. The van der Waals surface area contributed by atoms with Crippen LogP contribution in [0.25, 0.3) is 0 Å². The van der Waals surface area contributed by atoms with Crippen LogP contribution in [0.3, 0.4) is 0 Å². The lowest BCUT2D eigenvalue weighted by Crippen LogP contribution is -2.45. The molecule has 1 heterocycles. The summed E-state index contributed by atoms with van der Waals surface area (Å²) in [5, 5.41) is 0. The number of hydrogen-bond donors (Lipinski definition) is 0. The molecule has 3 nitrogen and oxygen atoms in total. The molecule has 0 aliphatic carbocycles. The maximum Gasteiger partial charge on any atom is 0.254 e. The zero-order chi connectivity index (χ0) is 19.4. The van der Waals surface area contributed by atoms with Gasteiger partial charge in [-0.3, -0.25) is 4.79 Å². The lowest BCUT2D eigenvalue weighted by molar-refractivity contribution is 0.0552. The molecule has 3 heteroatoms. The highest BCUT2D eigenvalue weighted by molar-refractivity contribution is 5.94. The molecule has 27 heavy (non-hydrogen) atoms. The van der Waals surface area contributed by atoms with Gasteiger partial charge in [0.15, 0.2) is 0 Å². The van der Waals surface area contributed by atoms with Gasteiger partial charge in [0.25, 0.3) is 5.91 Å². The Balaban J connectivity index is 1.85. The first-order chi connectivity index (χ1) is 12.8. The van der Waals surface area contributed by atoms with Crippen molar-refractivity contribution in [1.82, 2.24) is 9.47 Å². The van der Waals surface area contributed by atoms with Gasteiger partial charge in [0.2, 0.25) is 0 Å². The first kappa shape index (κ1) is 19.0. The lowest BCUT2D eigenvalue weighted by Gasteiger charge is -2.36. The smallest absolute Gasteiger partial charge is 0.254 e. The van der Waals surface area contributed by atoms with Crippen LogP contribution in [0, 0.1) is 6.92 Å². The third-order valence-corrected chi connectivity index (χ3v) is 4.79. The van der Waals surface area contributed by atoms with Crippen molar-refractivity contribution >= 4 is 5.91 Å². The van der Waals surface area contributed by atoms with Crippen LogP contribution in [-0.2, 0) is 13.1 Å². The highest BCUT2D eigenvalue weighted by Crippen LogP contribution is 2.22. The zero-order valence-corrected chi connectivity index (χ0v) is 16.6. The molecule has 3 rings (SSSR count). The van der Waals surface area contributed by atoms with Gasteiger partial charge in [-0.05, 0) is 57.5 Å². The van der Waals surface area contributed by atoms with E-state index in [9.17, 15) is 4.79 Å². The number of carbonyl (C=O) groups is 1. The van der Waals surface area contributed by atoms with Gasteiger partial charge in [-0.1, -0.05) is 48.0 Å². The fourth-order valence-electron chi connectivity index (χ4n) is 3.15. The summed E-state index contributed by atoms with van der Waals surface area (Å²) in [6, 6.07) is 22.4. The quantitative estimate of drug-likeness (QED) is 0.607. The Morgan fingerprint density at radius 1 is 0.926 bits per heavy atom. The van der Waals surface area contributed by atoms with Crippen molar-refractivity contribution in [2.75, 3.05) is 0 Å². The Hall–Kier alpha value is -2.81. The Bertz CT molecular complexity index is 886. The highest BCUT2D eigenvalue weighted by Gasteiger charge is 2.28. The summed E-state index contributed by atoms with van der Waals surface area (Å²) in [6.45, 7) is 9.68. The van der Waals surface area contributed by atoms with E-state index < -0.39 is 0 Å². The van der Waals surface area contributed by atoms with E-state index in [2.05, 4.69) is 67.9 Å². The third kappa shape index (κ3) is 4.68. The Labute approximate surface area is 162 Å². The van der Waals surface area contributed by atoms with Gasteiger partial charge in [-0.15, -0.1) is 0 Å². The highest BCUT2D eigenvalue weighted by atomic mass is 16.2. The van der Waals surface area contributed by atoms with E-state index in [1.165, 1.54) is 5.56 Å². The predicted octanol–water partition coefficient (Wildman–Crippen LogP) is 5.29. The number of aryl methyl sites for hydroxylation is 1.